The number of benzene rings is 1. The summed E-state index contributed by atoms with van der Waals surface area (Å²) in [5, 5.41) is 0. The lowest BCUT2D eigenvalue weighted by molar-refractivity contribution is 0.261. The van der Waals surface area contributed by atoms with E-state index in [9.17, 15) is 0 Å². The number of rotatable bonds is 7. The van der Waals surface area contributed by atoms with Crippen LogP contribution in [0.4, 0.5) is 0 Å². The fourth-order valence-electron chi connectivity index (χ4n) is 1.76. The smallest absolute Gasteiger partial charge is 0.122 e. The number of epoxide rings is 1. The van der Waals surface area contributed by atoms with Crippen LogP contribution in [0.15, 0.2) is 24.3 Å². The van der Waals surface area contributed by atoms with Gasteiger partial charge >= 0.3 is 0 Å². The van der Waals surface area contributed by atoms with Gasteiger partial charge in [-0.2, -0.15) is 0 Å². The minimum atomic E-state index is 0.337. The molecular formula is C14H20O2. The van der Waals surface area contributed by atoms with Crippen LogP contribution in [0, 0.1) is 0 Å². The van der Waals surface area contributed by atoms with Crippen LogP contribution in [0.5, 0.6) is 5.75 Å². The third-order valence-corrected chi connectivity index (χ3v) is 2.85. The van der Waals surface area contributed by atoms with Gasteiger partial charge in [0.25, 0.3) is 0 Å². The van der Waals surface area contributed by atoms with E-state index in [1.54, 1.807) is 0 Å². The van der Waals surface area contributed by atoms with Crippen LogP contribution in [0.1, 0.15) is 31.7 Å². The molecule has 2 heteroatoms. The van der Waals surface area contributed by atoms with Crippen molar-refractivity contribution in [1.82, 2.24) is 0 Å². The highest BCUT2D eigenvalue weighted by Gasteiger charge is 2.23. The van der Waals surface area contributed by atoms with Gasteiger partial charge in [-0.05, 0) is 24.5 Å². The molecule has 88 valence electrons. The topological polar surface area (TPSA) is 21.8 Å². The van der Waals surface area contributed by atoms with Crippen molar-refractivity contribution in [2.24, 2.45) is 0 Å². The van der Waals surface area contributed by atoms with E-state index in [0.29, 0.717) is 12.7 Å². The van der Waals surface area contributed by atoms with Crippen molar-refractivity contribution in [2.45, 2.75) is 38.7 Å². The zero-order chi connectivity index (χ0) is 11.2. The van der Waals surface area contributed by atoms with Gasteiger partial charge in [-0.3, -0.25) is 0 Å². The van der Waals surface area contributed by atoms with Crippen molar-refractivity contribution >= 4 is 0 Å². The molecule has 1 aliphatic rings. The van der Waals surface area contributed by atoms with Gasteiger partial charge in [-0.1, -0.05) is 38.0 Å². The summed E-state index contributed by atoms with van der Waals surface area (Å²) in [6, 6.07) is 8.34. The molecule has 0 unspecified atom stereocenters. The first-order chi connectivity index (χ1) is 7.90. The van der Waals surface area contributed by atoms with Gasteiger partial charge in [0.05, 0.1) is 6.61 Å². The second-order valence-corrected chi connectivity index (χ2v) is 4.33. The molecule has 2 nitrogen and oxygen atoms in total. The molecule has 1 aromatic carbocycles. The van der Waals surface area contributed by atoms with E-state index in [1.165, 1.54) is 24.8 Å². The van der Waals surface area contributed by atoms with Crippen molar-refractivity contribution in [2.75, 3.05) is 13.2 Å². The highest BCUT2D eigenvalue weighted by atomic mass is 16.6. The largest absolute Gasteiger partial charge is 0.491 e. The molecule has 0 spiro atoms. The second kappa shape index (κ2) is 5.90. The number of unbranched alkanes of at least 4 members (excludes halogenated alkanes) is 2. The van der Waals surface area contributed by atoms with E-state index in [-0.39, 0.29) is 0 Å². The Morgan fingerprint density at radius 2 is 2.12 bits per heavy atom. The summed E-state index contributed by atoms with van der Waals surface area (Å²) in [5.41, 5.74) is 1.33. The van der Waals surface area contributed by atoms with Crippen molar-refractivity contribution in [3.8, 4) is 5.75 Å². The van der Waals surface area contributed by atoms with Gasteiger partial charge in [0.1, 0.15) is 18.5 Å². The predicted molar refractivity (Wildman–Crippen MR) is 64.9 cm³/mol. The molecule has 0 N–H and O–H groups in total. The maximum Gasteiger partial charge on any atom is 0.122 e. The van der Waals surface area contributed by atoms with E-state index >= 15 is 0 Å². The Kier molecular flexibility index (Phi) is 4.23. The van der Waals surface area contributed by atoms with Gasteiger partial charge in [0.15, 0.2) is 0 Å². The van der Waals surface area contributed by atoms with Crippen LogP contribution in [0.25, 0.3) is 0 Å². The van der Waals surface area contributed by atoms with Crippen LogP contribution in [-0.2, 0) is 11.2 Å². The Morgan fingerprint density at radius 3 is 2.88 bits per heavy atom. The van der Waals surface area contributed by atoms with Gasteiger partial charge in [0, 0.05) is 0 Å². The third kappa shape index (κ3) is 3.53. The Morgan fingerprint density at radius 1 is 1.31 bits per heavy atom. The van der Waals surface area contributed by atoms with Crippen molar-refractivity contribution in [1.29, 1.82) is 0 Å². The Bertz CT molecular complexity index is 318. The van der Waals surface area contributed by atoms with Gasteiger partial charge in [0.2, 0.25) is 0 Å². The molecule has 1 aromatic rings. The first-order valence-corrected chi connectivity index (χ1v) is 6.22. The van der Waals surface area contributed by atoms with E-state index in [2.05, 4.69) is 25.1 Å². The van der Waals surface area contributed by atoms with Gasteiger partial charge in [-0.25, -0.2) is 0 Å². The molecule has 1 atom stereocenters. The van der Waals surface area contributed by atoms with Gasteiger partial charge in [-0.15, -0.1) is 0 Å². The fourth-order valence-corrected chi connectivity index (χ4v) is 1.76. The van der Waals surface area contributed by atoms with E-state index < -0.39 is 0 Å². The summed E-state index contributed by atoms with van der Waals surface area (Å²) in [6.07, 6.45) is 5.26. The normalized spacial score (nSPS) is 18.4. The molecule has 0 amide bonds. The molecule has 1 heterocycles. The van der Waals surface area contributed by atoms with Crippen LogP contribution < -0.4 is 4.74 Å². The minimum Gasteiger partial charge on any atom is -0.491 e. The number of hydrogen-bond acceptors (Lipinski definition) is 2. The van der Waals surface area contributed by atoms with Crippen molar-refractivity contribution < 1.29 is 9.47 Å². The molecule has 0 aliphatic carbocycles. The summed E-state index contributed by atoms with van der Waals surface area (Å²) in [6.45, 7) is 3.79. The van der Waals surface area contributed by atoms with E-state index in [4.69, 9.17) is 9.47 Å². The molecule has 0 bridgehead atoms. The molecule has 0 radical (unpaired) electrons. The van der Waals surface area contributed by atoms with Crippen LogP contribution in [0.2, 0.25) is 0 Å². The lowest BCUT2D eigenvalue weighted by atomic mass is 10.1. The molecule has 0 aromatic heterocycles. The maximum absolute atomic E-state index is 5.77. The zero-order valence-corrected chi connectivity index (χ0v) is 9.95. The summed E-state index contributed by atoms with van der Waals surface area (Å²) in [7, 11) is 0. The van der Waals surface area contributed by atoms with E-state index in [1.807, 2.05) is 6.07 Å². The summed E-state index contributed by atoms with van der Waals surface area (Å²) < 4.78 is 10.9. The van der Waals surface area contributed by atoms with Crippen molar-refractivity contribution in [3.05, 3.63) is 29.8 Å². The lowest BCUT2D eigenvalue weighted by Crippen LogP contribution is -2.05. The summed E-state index contributed by atoms with van der Waals surface area (Å²) in [5.74, 6) is 1.04. The lowest BCUT2D eigenvalue weighted by Gasteiger charge is -2.10. The summed E-state index contributed by atoms with van der Waals surface area (Å²) >= 11 is 0. The van der Waals surface area contributed by atoms with Crippen LogP contribution in [0.3, 0.4) is 0 Å². The average Bonchev–Trinajstić information content (AvgIpc) is 3.12. The van der Waals surface area contributed by atoms with Gasteiger partial charge < -0.3 is 9.47 Å². The first-order valence-electron chi connectivity index (χ1n) is 6.22. The molecule has 1 fully saturated rings. The maximum atomic E-state index is 5.77. The highest BCUT2D eigenvalue weighted by molar-refractivity contribution is 5.33. The standard InChI is InChI=1S/C14H20O2/c1-2-3-4-7-12-8-5-6-9-14(12)16-11-13-10-15-13/h5-6,8-9,13H,2-4,7,10-11H2,1H3/t13-/m1/s1. The third-order valence-electron chi connectivity index (χ3n) is 2.85. The quantitative estimate of drug-likeness (QED) is 0.520. The van der Waals surface area contributed by atoms with Crippen molar-refractivity contribution in [3.63, 3.8) is 0 Å². The average molecular weight is 220 g/mol. The molecular weight excluding hydrogens is 200 g/mol. The number of ether oxygens (including phenoxy) is 2. The number of para-hydroxylation sites is 1. The monoisotopic (exact) mass is 220 g/mol. The minimum absolute atomic E-state index is 0.337. The molecule has 1 saturated heterocycles. The highest BCUT2D eigenvalue weighted by Crippen LogP contribution is 2.22. The molecule has 0 saturated carbocycles. The Hall–Kier alpha value is -1.02. The van der Waals surface area contributed by atoms with Crippen LogP contribution in [-0.4, -0.2) is 19.3 Å². The van der Waals surface area contributed by atoms with Crippen LogP contribution >= 0.6 is 0 Å². The molecule has 2 rings (SSSR count). The fraction of sp³-hybridized carbons (Fsp3) is 0.571. The Balaban J connectivity index is 1.87. The molecule has 16 heavy (non-hydrogen) atoms. The second-order valence-electron chi connectivity index (χ2n) is 4.33. The molecule has 1 aliphatic heterocycles. The number of aryl methyl sites for hydroxylation is 1. The van der Waals surface area contributed by atoms with E-state index in [0.717, 1.165) is 18.8 Å². The predicted octanol–water partition coefficient (Wildman–Crippen LogP) is 3.20. The summed E-state index contributed by atoms with van der Waals surface area (Å²) in [4.78, 5) is 0. The number of hydrogen-bond donors (Lipinski definition) is 0. The SMILES string of the molecule is CCCCCc1ccccc1OC[C@H]1CO1. The first kappa shape index (κ1) is 11.5. The Labute approximate surface area is 97.6 Å². The zero-order valence-electron chi connectivity index (χ0n) is 9.95.